The van der Waals surface area contributed by atoms with Crippen molar-refractivity contribution in [1.29, 1.82) is 0 Å². The molecule has 0 spiro atoms. The van der Waals surface area contributed by atoms with E-state index in [-0.39, 0.29) is 24.3 Å². The molecule has 0 fully saturated rings. The molecule has 1 unspecified atom stereocenters. The first kappa shape index (κ1) is 27.4. The van der Waals surface area contributed by atoms with E-state index in [1.54, 1.807) is 48.5 Å². The Morgan fingerprint density at radius 2 is 1.87 bits per heavy atom. The number of nitrogens with one attached hydrogen (secondary N) is 1. The van der Waals surface area contributed by atoms with Crippen LogP contribution in [-0.2, 0) is 0 Å². The van der Waals surface area contributed by atoms with Crippen molar-refractivity contribution in [2.45, 2.75) is 19.8 Å². The number of nitrogens with zero attached hydrogens (tertiary/aromatic N) is 2. The van der Waals surface area contributed by atoms with Gasteiger partial charge >= 0.3 is 0 Å². The minimum Gasteiger partial charge on any atom is -0.508 e. The van der Waals surface area contributed by atoms with Gasteiger partial charge in [0.05, 0.1) is 5.69 Å². The number of phenolic OH excluding ortho intramolecular Hbond substituents is 1. The van der Waals surface area contributed by atoms with Crippen molar-refractivity contribution in [2.24, 2.45) is 0 Å². The van der Waals surface area contributed by atoms with Gasteiger partial charge in [0.25, 0.3) is 5.91 Å². The van der Waals surface area contributed by atoms with E-state index in [9.17, 15) is 14.3 Å². The van der Waals surface area contributed by atoms with Crippen LogP contribution in [0.3, 0.4) is 0 Å². The van der Waals surface area contributed by atoms with E-state index in [0.717, 1.165) is 22.7 Å². The molecule has 1 heterocycles. The van der Waals surface area contributed by atoms with Crippen molar-refractivity contribution < 1.29 is 23.8 Å². The number of allylic oxidation sites excluding steroid dienone is 1. The van der Waals surface area contributed by atoms with Gasteiger partial charge in [0, 0.05) is 31.4 Å². The molecular weight excluding hydrogens is 504 g/mol. The minimum absolute atomic E-state index is 0.146. The molecule has 2 N–H and O–H groups in total. The van der Waals surface area contributed by atoms with Gasteiger partial charge in [-0.1, -0.05) is 39.4 Å². The molecule has 0 saturated carbocycles. The van der Waals surface area contributed by atoms with Crippen LogP contribution in [0.4, 0.5) is 10.1 Å². The lowest BCUT2D eigenvalue weighted by Gasteiger charge is -2.30. The Labute approximate surface area is 224 Å². The van der Waals surface area contributed by atoms with Crippen molar-refractivity contribution in [2.75, 3.05) is 38.0 Å². The van der Waals surface area contributed by atoms with E-state index >= 15 is 0 Å². The molecule has 1 amide bonds. The lowest BCUT2D eigenvalue weighted by molar-refractivity contribution is 0.0679. The maximum atomic E-state index is 15.0. The predicted octanol–water partition coefficient (Wildman–Crippen LogP) is 4.95. The minimum atomic E-state index is -0.297. The van der Waals surface area contributed by atoms with Gasteiger partial charge in [0.2, 0.25) is 6.79 Å². The average molecular weight is 538 g/mol. The Morgan fingerprint density at radius 1 is 1.11 bits per heavy atom. The molecule has 9 heteroatoms. The van der Waals surface area contributed by atoms with Crippen molar-refractivity contribution in [3.05, 3.63) is 89.9 Å². The first-order valence-electron chi connectivity index (χ1n) is 12.5. The first-order valence-corrected chi connectivity index (χ1v) is 13.7. The molecule has 3 aromatic rings. The van der Waals surface area contributed by atoms with Crippen molar-refractivity contribution in [3.8, 4) is 17.2 Å². The van der Waals surface area contributed by atoms with Gasteiger partial charge in [-0.15, -0.1) is 0 Å². The second-order valence-electron chi connectivity index (χ2n) is 8.95. The highest BCUT2D eigenvalue weighted by Gasteiger charge is 2.21. The summed E-state index contributed by atoms with van der Waals surface area (Å²) in [5.41, 5.74) is 5.63. The fraction of sp³-hybridized carbons (Fsp3) is 0.276. The zero-order valence-electron chi connectivity index (χ0n) is 21.7. The van der Waals surface area contributed by atoms with Crippen LogP contribution in [0.25, 0.3) is 0 Å². The normalized spacial score (nSPS) is 12.2. The third kappa shape index (κ3) is 6.63. The fourth-order valence-electron chi connectivity index (χ4n) is 4.35. The van der Waals surface area contributed by atoms with Crippen LogP contribution in [0.2, 0.25) is 0 Å². The molecule has 7 nitrogen and oxygen atoms in total. The number of hydrogen-bond donors (Lipinski definition) is 2. The van der Waals surface area contributed by atoms with Gasteiger partial charge in [-0.3, -0.25) is 9.80 Å². The van der Waals surface area contributed by atoms with Gasteiger partial charge in [-0.05, 0) is 73.2 Å². The van der Waals surface area contributed by atoms with Gasteiger partial charge < -0.3 is 19.5 Å². The molecule has 1 aliphatic heterocycles. The van der Waals surface area contributed by atoms with Crippen molar-refractivity contribution >= 4 is 25.5 Å². The zero-order chi connectivity index (χ0) is 27.1. The van der Waals surface area contributed by atoms with Crippen LogP contribution in [0, 0.1) is 12.7 Å². The molecule has 0 radical (unpaired) electrons. The Morgan fingerprint density at radius 3 is 2.61 bits per heavy atom. The third-order valence-electron chi connectivity index (χ3n) is 6.35. The second kappa shape index (κ2) is 12.8. The maximum absolute atomic E-state index is 15.0. The summed E-state index contributed by atoms with van der Waals surface area (Å²) >= 11 is 0. The van der Waals surface area contributed by atoms with Gasteiger partial charge in [-0.2, -0.15) is 0 Å². The number of benzene rings is 3. The van der Waals surface area contributed by atoms with Crippen LogP contribution >= 0.6 is 8.58 Å². The fourth-order valence-corrected chi connectivity index (χ4v) is 5.45. The Bertz CT molecular complexity index is 1270. The number of anilines is 1. The van der Waals surface area contributed by atoms with E-state index < -0.39 is 0 Å². The summed E-state index contributed by atoms with van der Waals surface area (Å²) in [4.78, 5) is 15.1. The number of ether oxygens (including phenoxy) is 2. The number of para-hydroxylation sites is 1. The molecule has 0 saturated heterocycles. The number of carbonyl (C=O) groups is 1. The monoisotopic (exact) mass is 537 g/mol. The number of phenols is 1. The van der Waals surface area contributed by atoms with E-state index in [1.165, 1.54) is 6.07 Å². The molecule has 4 rings (SSSR count). The highest BCUT2D eigenvalue weighted by Crippen LogP contribution is 2.33. The lowest BCUT2D eigenvalue weighted by atomic mass is 10.1. The number of carbonyl (C=O) groups excluding carboxylic acids is 1. The number of halogens is 1. The van der Waals surface area contributed by atoms with Crippen molar-refractivity contribution in [1.82, 2.24) is 10.4 Å². The van der Waals surface area contributed by atoms with Crippen LogP contribution in [0.5, 0.6) is 17.2 Å². The number of fused-ring (bicyclic) bond motifs is 1. The number of hydrogen-bond acceptors (Lipinski definition) is 6. The van der Waals surface area contributed by atoms with Gasteiger partial charge in [0.15, 0.2) is 11.5 Å². The molecule has 1 aliphatic rings. The smallest absolute Gasteiger partial charge is 0.268 e. The van der Waals surface area contributed by atoms with Gasteiger partial charge in [0.1, 0.15) is 11.6 Å². The predicted molar refractivity (Wildman–Crippen MR) is 150 cm³/mol. The van der Waals surface area contributed by atoms with Crippen LogP contribution in [0.1, 0.15) is 28.8 Å². The molecule has 3 aromatic carbocycles. The highest BCUT2D eigenvalue weighted by molar-refractivity contribution is 7.47. The lowest BCUT2D eigenvalue weighted by Crippen LogP contribution is -2.42. The Kier molecular flexibility index (Phi) is 9.21. The highest BCUT2D eigenvalue weighted by atomic mass is 31.1. The molecule has 200 valence electrons. The van der Waals surface area contributed by atoms with E-state index in [2.05, 4.69) is 12.0 Å². The summed E-state index contributed by atoms with van der Waals surface area (Å²) in [6.45, 7) is 7.24. The molecule has 38 heavy (non-hydrogen) atoms. The number of hydrazine groups is 1. The third-order valence-corrected chi connectivity index (χ3v) is 7.59. The summed E-state index contributed by atoms with van der Waals surface area (Å²) in [5, 5.41) is 12.2. The van der Waals surface area contributed by atoms with Gasteiger partial charge in [-0.25, -0.2) is 9.82 Å². The summed E-state index contributed by atoms with van der Waals surface area (Å²) in [6.07, 6.45) is 2.14. The number of aryl methyl sites for hydroxylation is 1. The maximum Gasteiger partial charge on any atom is 0.268 e. The van der Waals surface area contributed by atoms with E-state index in [0.29, 0.717) is 57.3 Å². The van der Waals surface area contributed by atoms with E-state index in [4.69, 9.17) is 9.47 Å². The van der Waals surface area contributed by atoms with Crippen LogP contribution in [-0.4, -0.2) is 49.1 Å². The molecular formula is C29H33FN3O4P. The Hall–Kier alpha value is -3.61. The van der Waals surface area contributed by atoms with Crippen LogP contribution in [0.15, 0.2) is 72.9 Å². The summed E-state index contributed by atoms with van der Waals surface area (Å²) < 4.78 is 25.7. The SMILES string of the molecule is C=C(CCPc1ccc(O)cc1)N(CCCN(NC)C(=O)c1ccc2c(c1)OCO2)c1c(C)cccc1F. The molecule has 0 bridgehead atoms. The largest absolute Gasteiger partial charge is 0.508 e. The summed E-state index contributed by atoms with van der Waals surface area (Å²) in [5.74, 6) is 0.939. The number of amides is 1. The molecule has 1 atom stereocenters. The second-order valence-corrected chi connectivity index (χ2v) is 10.4. The molecule has 0 aliphatic carbocycles. The quantitative estimate of drug-likeness (QED) is 0.252. The summed E-state index contributed by atoms with van der Waals surface area (Å²) in [7, 11) is 2.25. The van der Waals surface area contributed by atoms with Crippen LogP contribution < -0.4 is 25.1 Å². The topological polar surface area (TPSA) is 74.3 Å². The van der Waals surface area contributed by atoms with E-state index in [1.807, 2.05) is 30.0 Å². The average Bonchev–Trinajstić information content (AvgIpc) is 3.38. The number of aromatic hydroxyl groups is 1. The first-order chi connectivity index (χ1) is 18.4. The van der Waals surface area contributed by atoms with Crippen molar-refractivity contribution in [3.63, 3.8) is 0 Å². The zero-order valence-corrected chi connectivity index (χ0v) is 22.7. The number of rotatable bonds is 12. The Balaban J connectivity index is 1.41. The summed E-state index contributed by atoms with van der Waals surface area (Å²) in [6, 6.07) is 17.4. The molecule has 0 aromatic heterocycles. The standard InChI is InChI=1S/C29H33FN3O4P/c1-20-6-4-7-25(30)28(20)32(21(2)14-17-38-24-11-9-23(34)10-12-24)15-5-16-33(31-3)29(35)22-8-13-26-27(18-22)37-19-36-26/h4,6-13,18,31,34,38H,2,5,14-17,19H2,1,3H3.